The molecule has 0 aromatic rings. The molecule has 0 bridgehead atoms. The van der Waals surface area contributed by atoms with Crippen LogP contribution in [-0.4, -0.2) is 28.6 Å². The molecule has 2 nitrogen and oxygen atoms in total. The second-order valence-corrected chi connectivity index (χ2v) is 7.69. The van der Waals surface area contributed by atoms with E-state index in [4.69, 9.17) is 9.16 Å². The highest BCUT2D eigenvalue weighted by molar-refractivity contribution is 6.71. The Balaban J connectivity index is 3.23. The van der Waals surface area contributed by atoms with Crippen LogP contribution in [0.4, 0.5) is 0 Å². The molecule has 0 saturated heterocycles. The van der Waals surface area contributed by atoms with Crippen molar-refractivity contribution in [1.82, 2.24) is 0 Å². The first-order chi connectivity index (χ1) is 5.12. The lowest BCUT2D eigenvalue weighted by atomic mass is 10.5. The first-order valence-electron chi connectivity index (χ1n) is 4.25. The molecule has 0 unspecified atom stereocenters. The van der Waals surface area contributed by atoms with Crippen LogP contribution in [0.25, 0.3) is 0 Å². The van der Waals surface area contributed by atoms with Gasteiger partial charge in [0, 0.05) is 20.3 Å². The molecular weight excluding hydrogens is 156 g/mol. The van der Waals surface area contributed by atoms with E-state index in [9.17, 15) is 0 Å². The maximum atomic E-state index is 5.40. The second-order valence-electron chi connectivity index (χ2n) is 3.26. The Morgan fingerprint density at radius 2 is 1.91 bits per heavy atom. The van der Waals surface area contributed by atoms with Crippen molar-refractivity contribution < 1.29 is 9.16 Å². The van der Waals surface area contributed by atoms with E-state index in [2.05, 4.69) is 13.1 Å². The molecule has 0 aliphatic heterocycles. The van der Waals surface area contributed by atoms with Crippen molar-refractivity contribution in [2.75, 3.05) is 20.3 Å². The molecule has 0 saturated carbocycles. The summed E-state index contributed by atoms with van der Waals surface area (Å²) in [4.78, 5) is 0. The van der Waals surface area contributed by atoms with Gasteiger partial charge >= 0.3 is 0 Å². The van der Waals surface area contributed by atoms with Gasteiger partial charge < -0.3 is 9.16 Å². The number of rotatable bonds is 6. The van der Waals surface area contributed by atoms with Crippen LogP contribution in [-0.2, 0) is 9.16 Å². The van der Waals surface area contributed by atoms with Gasteiger partial charge in [-0.15, -0.1) is 0 Å². The fourth-order valence-electron chi connectivity index (χ4n) is 0.846. The lowest BCUT2D eigenvalue weighted by Gasteiger charge is -2.19. The molecule has 0 aromatic heterocycles. The van der Waals surface area contributed by atoms with Crippen LogP contribution >= 0.6 is 0 Å². The molecule has 0 aromatic carbocycles. The van der Waals surface area contributed by atoms with Crippen molar-refractivity contribution in [3.63, 3.8) is 0 Å². The first-order valence-corrected chi connectivity index (χ1v) is 7.37. The molecule has 0 N–H and O–H groups in total. The monoisotopic (exact) mass is 176 g/mol. The fraction of sp³-hybridized carbons (Fsp3) is 1.00. The summed E-state index contributed by atoms with van der Waals surface area (Å²) in [5, 5.41) is 0. The van der Waals surface area contributed by atoms with E-state index in [1.165, 1.54) is 6.04 Å². The molecular formula is C8H20O2Si. The van der Waals surface area contributed by atoms with Crippen LogP contribution in [0.3, 0.4) is 0 Å². The summed E-state index contributed by atoms with van der Waals surface area (Å²) in [6, 6.07) is 1.20. The summed E-state index contributed by atoms with van der Waals surface area (Å²) in [6.07, 6.45) is 1.14. The maximum Gasteiger partial charge on any atom is 0.186 e. The Morgan fingerprint density at radius 3 is 2.36 bits per heavy atom. The maximum absolute atomic E-state index is 5.40. The molecule has 0 aliphatic carbocycles. The third-order valence-corrected chi connectivity index (χ3v) is 4.49. The summed E-state index contributed by atoms with van der Waals surface area (Å²) in [5.41, 5.74) is 0. The highest BCUT2D eigenvalue weighted by Crippen LogP contribution is 2.11. The summed E-state index contributed by atoms with van der Waals surface area (Å²) >= 11 is 0. The zero-order chi connectivity index (χ0) is 8.74. The lowest BCUT2D eigenvalue weighted by molar-refractivity contribution is 0.147. The van der Waals surface area contributed by atoms with Gasteiger partial charge in [-0.25, -0.2) is 0 Å². The minimum Gasteiger partial charge on any atom is -0.420 e. The second kappa shape index (κ2) is 5.74. The SMILES string of the molecule is CCOCCC[Si](C)(C)OC. The Hall–Kier alpha value is 0.137. The molecule has 68 valence electrons. The van der Waals surface area contributed by atoms with Crippen LogP contribution in [0.15, 0.2) is 0 Å². The van der Waals surface area contributed by atoms with Crippen LogP contribution in [0.1, 0.15) is 13.3 Å². The van der Waals surface area contributed by atoms with Crippen molar-refractivity contribution in [3.05, 3.63) is 0 Å². The zero-order valence-corrected chi connectivity index (χ0v) is 9.14. The van der Waals surface area contributed by atoms with Gasteiger partial charge in [-0.2, -0.15) is 0 Å². The van der Waals surface area contributed by atoms with Crippen LogP contribution in [0.5, 0.6) is 0 Å². The first kappa shape index (κ1) is 11.1. The van der Waals surface area contributed by atoms with E-state index >= 15 is 0 Å². The van der Waals surface area contributed by atoms with E-state index < -0.39 is 8.32 Å². The van der Waals surface area contributed by atoms with Crippen molar-refractivity contribution in [2.45, 2.75) is 32.5 Å². The average molecular weight is 176 g/mol. The molecule has 0 fully saturated rings. The van der Waals surface area contributed by atoms with E-state index in [0.29, 0.717) is 0 Å². The third-order valence-electron chi connectivity index (χ3n) is 1.82. The zero-order valence-electron chi connectivity index (χ0n) is 8.14. The topological polar surface area (TPSA) is 18.5 Å². The average Bonchev–Trinajstić information content (AvgIpc) is 1.99. The largest absolute Gasteiger partial charge is 0.420 e. The molecule has 3 heteroatoms. The van der Waals surface area contributed by atoms with Crippen molar-refractivity contribution in [3.8, 4) is 0 Å². The number of ether oxygens (including phenoxy) is 1. The van der Waals surface area contributed by atoms with Crippen molar-refractivity contribution >= 4 is 8.32 Å². The van der Waals surface area contributed by atoms with Crippen molar-refractivity contribution in [2.24, 2.45) is 0 Å². The summed E-state index contributed by atoms with van der Waals surface area (Å²) in [7, 11) is 0.505. The normalized spacial score (nSPS) is 12.0. The lowest BCUT2D eigenvalue weighted by Crippen LogP contribution is -2.28. The third kappa shape index (κ3) is 6.53. The van der Waals surface area contributed by atoms with Crippen LogP contribution in [0.2, 0.25) is 19.1 Å². The molecule has 11 heavy (non-hydrogen) atoms. The quantitative estimate of drug-likeness (QED) is 0.456. The summed E-state index contributed by atoms with van der Waals surface area (Å²) < 4.78 is 10.6. The summed E-state index contributed by atoms with van der Waals surface area (Å²) in [6.45, 7) is 8.21. The minimum absolute atomic E-state index is 0.828. The van der Waals surface area contributed by atoms with Gasteiger partial charge in [0.05, 0.1) is 0 Å². The van der Waals surface area contributed by atoms with Gasteiger partial charge in [-0.1, -0.05) is 0 Å². The van der Waals surface area contributed by atoms with Gasteiger partial charge in [0.15, 0.2) is 8.32 Å². The Kier molecular flexibility index (Phi) is 5.82. The highest BCUT2D eigenvalue weighted by atomic mass is 28.4. The van der Waals surface area contributed by atoms with Crippen molar-refractivity contribution in [1.29, 1.82) is 0 Å². The molecule has 0 spiro atoms. The van der Waals surface area contributed by atoms with Gasteiger partial charge in [-0.05, 0) is 32.5 Å². The summed E-state index contributed by atoms with van der Waals surface area (Å²) in [5.74, 6) is 0. The Labute approximate surface area is 71.0 Å². The van der Waals surface area contributed by atoms with E-state index in [1.807, 2.05) is 14.0 Å². The molecule has 0 aliphatic rings. The standard InChI is InChI=1S/C8H20O2Si/c1-5-10-7-6-8-11(3,4)9-2/h5-8H2,1-4H3. The predicted molar refractivity (Wildman–Crippen MR) is 50.4 cm³/mol. The van der Waals surface area contributed by atoms with Gasteiger partial charge in [0.1, 0.15) is 0 Å². The smallest absolute Gasteiger partial charge is 0.186 e. The number of hydrogen-bond donors (Lipinski definition) is 0. The van der Waals surface area contributed by atoms with Crippen LogP contribution < -0.4 is 0 Å². The van der Waals surface area contributed by atoms with Gasteiger partial charge in [-0.3, -0.25) is 0 Å². The van der Waals surface area contributed by atoms with Gasteiger partial charge in [0.2, 0.25) is 0 Å². The van der Waals surface area contributed by atoms with Gasteiger partial charge in [0.25, 0.3) is 0 Å². The molecule has 0 atom stereocenters. The Bertz CT molecular complexity index is 94.1. The highest BCUT2D eigenvalue weighted by Gasteiger charge is 2.19. The molecule has 0 radical (unpaired) electrons. The number of hydrogen-bond acceptors (Lipinski definition) is 2. The minimum atomic E-state index is -1.31. The predicted octanol–water partition coefficient (Wildman–Crippen LogP) is 2.26. The molecule has 0 amide bonds. The fourth-order valence-corrected chi connectivity index (χ4v) is 2.05. The van der Waals surface area contributed by atoms with E-state index in [1.54, 1.807) is 0 Å². The van der Waals surface area contributed by atoms with E-state index in [0.717, 1.165) is 19.6 Å². The molecule has 0 heterocycles. The Morgan fingerprint density at radius 1 is 1.27 bits per heavy atom. The molecule has 0 rings (SSSR count). The van der Waals surface area contributed by atoms with E-state index in [-0.39, 0.29) is 0 Å². The van der Waals surface area contributed by atoms with Crippen LogP contribution in [0, 0.1) is 0 Å².